The van der Waals surface area contributed by atoms with Crippen molar-refractivity contribution in [2.24, 2.45) is 17.3 Å². The minimum Gasteiger partial charge on any atom is -0.460 e. The lowest BCUT2D eigenvalue weighted by atomic mass is 10.0. The Kier molecular flexibility index (Phi) is 6.15. The highest BCUT2D eigenvalue weighted by atomic mass is 35.5. The maximum atomic E-state index is 14.8. The van der Waals surface area contributed by atoms with Crippen LogP contribution in [0.1, 0.15) is 19.4 Å². The monoisotopic (exact) mass is 462 g/mol. The number of carbonyl (C=O) groups excluding carboxylic acids is 1. The van der Waals surface area contributed by atoms with Crippen molar-refractivity contribution in [3.8, 4) is 11.1 Å². The first kappa shape index (κ1) is 23.2. The molecule has 0 bridgehead atoms. The Morgan fingerprint density at radius 2 is 1.71 bits per heavy atom. The summed E-state index contributed by atoms with van der Waals surface area (Å²) < 4.78 is 86.0. The molecule has 0 spiro atoms. The quantitative estimate of drug-likeness (QED) is 0.362. The van der Waals surface area contributed by atoms with E-state index in [1.165, 1.54) is 18.2 Å². The van der Waals surface area contributed by atoms with Crippen LogP contribution in [0.25, 0.3) is 11.1 Å². The van der Waals surface area contributed by atoms with Crippen molar-refractivity contribution in [1.29, 1.82) is 0 Å². The van der Waals surface area contributed by atoms with E-state index in [9.17, 15) is 31.1 Å². The summed E-state index contributed by atoms with van der Waals surface area (Å²) >= 11 is 5.25. The lowest BCUT2D eigenvalue weighted by Crippen LogP contribution is -2.12. The molecule has 2 aromatic rings. The van der Waals surface area contributed by atoms with Crippen LogP contribution in [0, 0.1) is 34.7 Å². The number of rotatable bonds is 5. The van der Waals surface area contributed by atoms with E-state index in [-0.39, 0.29) is 11.1 Å². The van der Waals surface area contributed by atoms with Crippen LogP contribution < -0.4 is 0 Å². The third-order valence-electron chi connectivity index (χ3n) is 5.47. The molecule has 1 saturated carbocycles. The summed E-state index contributed by atoms with van der Waals surface area (Å²) in [5.74, 6) is -5.51. The molecule has 0 N–H and O–H groups in total. The summed E-state index contributed by atoms with van der Waals surface area (Å²) in [7, 11) is 0. The molecule has 0 heterocycles. The van der Waals surface area contributed by atoms with Gasteiger partial charge in [-0.1, -0.05) is 49.7 Å². The Bertz CT molecular complexity index is 1040. The number of benzene rings is 2. The maximum Gasteiger partial charge on any atom is 0.426 e. The summed E-state index contributed by atoms with van der Waals surface area (Å²) in [6, 6.07) is 7.32. The lowest BCUT2D eigenvalue weighted by molar-refractivity contribution is -0.147. The average molecular weight is 463 g/mol. The zero-order valence-corrected chi connectivity index (χ0v) is 17.1. The maximum absolute atomic E-state index is 14.8. The number of allylic oxidation sites excluding steroid dienone is 2. The van der Waals surface area contributed by atoms with E-state index in [4.69, 9.17) is 16.3 Å². The van der Waals surface area contributed by atoms with Crippen LogP contribution in [-0.4, -0.2) is 12.1 Å². The fourth-order valence-corrected chi connectivity index (χ4v) is 3.68. The Labute approximate surface area is 179 Å². The summed E-state index contributed by atoms with van der Waals surface area (Å²) in [6.45, 7) is 2.32. The van der Waals surface area contributed by atoms with Gasteiger partial charge < -0.3 is 4.74 Å². The molecule has 0 radical (unpaired) electrons. The number of hydrogen-bond acceptors (Lipinski definition) is 2. The predicted molar refractivity (Wildman–Crippen MR) is 102 cm³/mol. The lowest BCUT2D eigenvalue weighted by Gasteiger charge is -2.11. The van der Waals surface area contributed by atoms with Gasteiger partial charge in [0.15, 0.2) is 0 Å². The number of alkyl halides is 3. The number of carbonyl (C=O) groups is 1. The molecule has 0 unspecified atom stereocenters. The van der Waals surface area contributed by atoms with E-state index >= 15 is 0 Å². The predicted octanol–water partition coefficient (Wildman–Crippen LogP) is 6.77. The van der Waals surface area contributed by atoms with E-state index in [2.05, 4.69) is 0 Å². The highest BCUT2D eigenvalue weighted by Gasteiger charge is 2.62. The van der Waals surface area contributed by atoms with E-state index in [0.29, 0.717) is 0 Å². The van der Waals surface area contributed by atoms with Gasteiger partial charge in [0.2, 0.25) is 0 Å². The second-order valence-electron chi connectivity index (χ2n) is 7.81. The van der Waals surface area contributed by atoms with Crippen LogP contribution >= 0.6 is 11.6 Å². The fourth-order valence-electron chi connectivity index (χ4n) is 3.54. The van der Waals surface area contributed by atoms with Gasteiger partial charge in [0.25, 0.3) is 0 Å². The summed E-state index contributed by atoms with van der Waals surface area (Å²) in [4.78, 5) is 12.4. The first-order valence-electron chi connectivity index (χ1n) is 9.18. The van der Waals surface area contributed by atoms with Crippen LogP contribution in [0.5, 0.6) is 0 Å². The molecule has 0 aromatic heterocycles. The Morgan fingerprint density at radius 3 is 2.32 bits per heavy atom. The van der Waals surface area contributed by atoms with Crippen LogP contribution in [-0.2, 0) is 16.1 Å². The Balaban J connectivity index is 1.78. The van der Waals surface area contributed by atoms with Gasteiger partial charge >= 0.3 is 12.1 Å². The van der Waals surface area contributed by atoms with Crippen molar-refractivity contribution in [1.82, 2.24) is 0 Å². The normalized spacial score (nSPS) is 20.5. The molecule has 1 aliphatic carbocycles. The summed E-state index contributed by atoms with van der Waals surface area (Å²) in [6.07, 6.45) is -4.00. The number of ether oxygens (including phenoxy) is 1. The molecule has 2 nitrogen and oxygen atoms in total. The van der Waals surface area contributed by atoms with Crippen molar-refractivity contribution < 1.29 is 35.9 Å². The van der Waals surface area contributed by atoms with Gasteiger partial charge in [0.1, 0.15) is 29.1 Å². The van der Waals surface area contributed by atoms with Crippen LogP contribution in [0.2, 0.25) is 0 Å². The zero-order valence-electron chi connectivity index (χ0n) is 16.4. The molecule has 31 heavy (non-hydrogen) atoms. The largest absolute Gasteiger partial charge is 0.460 e. The van der Waals surface area contributed by atoms with E-state index in [1.807, 2.05) is 0 Å². The molecule has 2 atom stereocenters. The Morgan fingerprint density at radius 1 is 1.06 bits per heavy atom. The molecule has 0 saturated heterocycles. The molecular formula is C22H17ClF6O2. The minimum atomic E-state index is -4.74. The van der Waals surface area contributed by atoms with Gasteiger partial charge in [-0.05, 0) is 29.5 Å². The molecule has 0 amide bonds. The second kappa shape index (κ2) is 8.22. The van der Waals surface area contributed by atoms with Gasteiger partial charge in [-0.25, -0.2) is 13.2 Å². The van der Waals surface area contributed by atoms with Crippen LogP contribution in [0.15, 0.2) is 47.5 Å². The van der Waals surface area contributed by atoms with Crippen molar-refractivity contribution in [2.45, 2.75) is 26.6 Å². The van der Waals surface area contributed by atoms with Crippen molar-refractivity contribution in [2.75, 3.05) is 0 Å². The first-order valence-corrected chi connectivity index (χ1v) is 9.56. The SMILES string of the molecule is CC1(C)[C@H](C(=O)OCc2c(F)ccc(-c3ccccc3F)c2F)[C@@H]1/C=C(\Cl)C(F)(F)F. The summed E-state index contributed by atoms with van der Waals surface area (Å²) in [5.41, 5.74) is -1.76. The van der Waals surface area contributed by atoms with Gasteiger partial charge in [-0.2, -0.15) is 13.2 Å². The van der Waals surface area contributed by atoms with Crippen LogP contribution in [0.4, 0.5) is 26.3 Å². The highest BCUT2D eigenvalue weighted by Crippen LogP contribution is 2.60. The third kappa shape index (κ3) is 4.59. The molecular weight excluding hydrogens is 446 g/mol. The number of esters is 1. The van der Waals surface area contributed by atoms with Gasteiger partial charge in [0.05, 0.1) is 11.5 Å². The summed E-state index contributed by atoms with van der Waals surface area (Å²) in [5, 5.41) is -1.35. The molecule has 1 fully saturated rings. The van der Waals surface area contributed by atoms with E-state index in [1.54, 1.807) is 13.8 Å². The Hall–Kier alpha value is -2.48. The van der Waals surface area contributed by atoms with Gasteiger partial charge in [-0.3, -0.25) is 4.79 Å². The number of hydrogen-bond donors (Lipinski definition) is 0. The van der Waals surface area contributed by atoms with Crippen molar-refractivity contribution in [3.05, 3.63) is 70.5 Å². The van der Waals surface area contributed by atoms with E-state index in [0.717, 1.165) is 24.3 Å². The van der Waals surface area contributed by atoms with E-state index < -0.39 is 64.1 Å². The smallest absolute Gasteiger partial charge is 0.426 e. The molecule has 0 aliphatic heterocycles. The highest BCUT2D eigenvalue weighted by molar-refractivity contribution is 6.30. The second-order valence-corrected chi connectivity index (χ2v) is 8.22. The fraction of sp³-hybridized carbons (Fsp3) is 0.318. The van der Waals surface area contributed by atoms with Gasteiger partial charge in [0, 0.05) is 11.1 Å². The molecule has 9 heteroatoms. The molecule has 1 aliphatic rings. The molecule has 3 rings (SSSR count). The zero-order chi connectivity index (χ0) is 23.1. The number of halogens is 7. The molecule has 2 aromatic carbocycles. The van der Waals surface area contributed by atoms with Crippen LogP contribution in [0.3, 0.4) is 0 Å². The third-order valence-corrected chi connectivity index (χ3v) is 5.81. The van der Waals surface area contributed by atoms with Crippen molar-refractivity contribution in [3.63, 3.8) is 0 Å². The topological polar surface area (TPSA) is 26.3 Å². The van der Waals surface area contributed by atoms with Gasteiger partial charge in [-0.15, -0.1) is 0 Å². The molecule has 166 valence electrons. The average Bonchev–Trinajstić information content (AvgIpc) is 3.21. The van der Waals surface area contributed by atoms with Crippen molar-refractivity contribution >= 4 is 17.6 Å². The first-order chi connectivity index (χ1) is 14.4. The minimum absolute atomic E-state index is 0.0945. The standard InChI is InChI=1S/C22H17ClF6O2/c1-21(2)14(9-17(23)22(27,28)29)18(21)20(30)31-10-13-16(25)8-7-12(19(13)26)11-5-3-4-6-15(11)24/h3-9,14,18H,10H2,1-2H3/b17-9-/t14-,18-/m0/s1.